The molecule has 2 atom stereocenters. The van der Waals surface area contributed by atoms with Gasteiger partial charge in [-0.25, -0.2) is 0 Å². The quantitative estimate of drug-likeness (QED) is 0.882. The van der Waals surface area contributed by atoms with Crippen LogP contribution in [0.3, 0.4) is 0 Å². The van der Waals surface area contributed by atoms with Gasteiger partial charge in [-0.05, 0) is 59.5 Å². The average molecular weight is 341 g/mol. The van der Waals surface area contributed by atoms with Crippen LogP contribution in [0.2, 0.25) is 0 Å². The molecule has 1 saturated heterocycles. The first-order valence-corrected chi connectivity index (χ1v) is 8.51. The highest BCUT2D eigenvalue weighted by atomic mass is 32.1. The van der Waals surface area contributed by atoms with E-state index in [0.29, 0.717) is 12.5 Å². The van der Waals surface area contributed by atoms with Crippen molar-refractivity contribution in [3.05, 3.63) is 52.2 Å². The maximum atomic E-state index is 12.7. The summed E-state index contributed by atoms with van der Waals surface area (Å²) in [5.74, 6) is 0.927. The molecule has 2 heterocycles. The van der Waals surface area contributed by atoms with E-state index in [1.165, 1.54) is 11.6 Å². The van der Waals surface area contributed by atoms with Crippen molar-refractivity contribution in [1.82, 2.24) is 5.32 Å². The molecule has 1 N–H and O–H groups in total. The monoisotopic (exact) mass is 341 g/mol. The van der Waals surface area contributed by atoms with Crippen molar-refractivity contribution in [2.45, 2.75) is 18.5 Å². The van der Waals surface area contributed by atoms with Crippen molar-refractivity contribution in [1.29, 1.82) is 0 Å². The minimum atomic E-state index is -4.34. The van der Waals surface area contributed by atoms with Gasteiger partial charge in [0.2, 0.25) is 0 Å². The number of piperidine rings is 1. The van der Waals surface area contributed by atoms with Crippen molar-refractivity contribution in [2.24, 2.45) is 5.92 Å². The molecule has 2 aromatic rings. The summed E-state index contributed by atoms with van der Waals surface area (Å²) in [4.78, 5) is 0. The lowest BCUT2D eigenvalue weighted by molar-refractivity contribution is -0.137. The summed E-state index contributed by atoms with van der Waals surface area (Å²) >= 11 is 1.67. The van der Waals surface area contributed by atoms with E-state index in [4.69, 9.17) is 4.74 Å². The summed E-state index contributed by atoms with van der Waals surface area (Å²) in [6.45, 7) is 2.19. The van der Waals surface area contributed by atoms with Gasteiger partial charge >= 0.3 is 6.18 Å². The SMILES string of the molecule is FC(F)(F)c1cccc(OCC2CNCCC2c2ccsc2)c1. The van der Waals surface area contributed by atoms with Crippen LogP contribution in [-0.4, -0.2) is 19.7 Å². The van der Waals surface area contributed by atoms with Crippen LogP contribution in [0.25, 0.3) is 0 Å². The fourth-order valence-corrected chi connectivity index (χ4v) is 3.71. The summed E-state index contributed by atoms with van der Waals surface area (Å²) in [5, 5.41) is 7.55. The third kappa shape index (κ3) is 4.06. The molecule has 3 rings (SSSR count). The number of ether oxygens (including phenoxy) is 1. The molecule has 1 aromatic heterocycles. The molecule has 1 aliphatic heterocycles. The maximum absolute atomic E-state index is 12.7. The molecule has 0 radical (unpaired) electrons. The standard InChI is InChI=1S/C17H18F3NOS/c18-17(19,20)14-2-1-3-15(8-14)22-10-13-9-21-6-4-16(13)12-5-7-23-11-12/h1-3,5,7-8,11,13,16,21H,4,6,9-10H2. The molecular weight excluding hydrogens is 323 g/mol. The fourth-order valence-electron chi connectivity index (χ4n) is 2.99. The third-order valence-electron chi connectivity index (χ3n) is 4.20. The predicted octanol–water partition coefficient (Wildman–Crippen LogP) is 4.54. The van der Waals surface area contributed by atoms with E-state index in [2.05, 4.69) is 22.1 Å². The first kappa shape index (κ1) is 16.3. The van der Waals surface area contributed by atoms with Crippen molar-refractivity contribution >= 4 is 11.3 Å². The predicted molar refractivity (Wildman–Crippen MR) is 85.0 cm³/mol. The highest BCUT2D eigenvalue weighted by molar-refractivity contribution is 7.07. The lowest BCUT2D eigenvalue weighted by Crippen LogP contribution is -2.38. The van der Waals surface area contributed by atoms with Crippen LogP contribution >= 0.6 is 11.3 Å². The number of thiophene rings is 1. The Kier molecular flexibility index (Phi) is 4.92. The second-order valence-electron chi connectivity index (χ2n) is 5.75. The number of alkyl halides is 3. The Bertz CT molecular complexity index is 627. The summed E-state index contributed by atoms with van der Waals surface area (Å²) in [7, 11) is 0. The average Bonchev–Trinajstić information content (AvgIpc) is 3.07. The van der Waals surface area contributed by atoms with Crippen molar-refractivity contribution < 1.29 is 17.9 Å². The Morgan fingerprint density at radius 1 is 1.26 bits per heavy atom. The number of hydrogen-bond acceptors (Lipinski definition) is 3. The fraction of sp³-hybridized carbons (Fsp3) is 0.412. The van der Waals surface area contributed by atoms with Crippen LogP contribution in [0.5, 0.6) is 5.75 Å². The van der Waals surface area contributed by atoms with E-state index in [1.54, 1.807) is 17.4 Å². The van der Waals surface area contributed by atoms with E-state index >= 15 is 0 Å². The molecule has 2 nitrogen and oxygen atoms in total. The number of rotatable bonds is 4. The zero-order valence-electron chi connectivity index (χ0n) is 12.5. The number of hydrogen-bond donors (Lipinski definition) is 1. The molecule has 1 aliphatic rings. The normalized spacial score (nSPS) is 22.0. The van der Waals surface area contributed by atoms with Crippen LogP contribution in [0.4, 0.5) is 13.2 Å². The molecule has 124 valence electrons. The summed E-state index contributed by atoms with van der Waals surface area (Å²) in [6.07, 6.45) is -3.32. The summed E-state index contributed by atoms with van der Waals surface area (Å²) in [6, 6.07) is 7.20. The zero-order chi connectivity index (χ0) is 16.3. The second-order valence-corrected chi connectivity index (χ2v) is 6.53. The van der Waals surface area contributed by atoms with Gasteiger partial charge in [-0.1, -0.05) is 6.07 Å². The van der Waals surface area contributed by atoms with Gasteiger partial charge < -0.3 is 10.1 Å². The summed E-state index contributed by atoms with van der Waals surface area (Å²) < 4.78 is 43.9. The van der Waals surface area contributed by atoms with E-state index in [9.17, 15) is 13.2 Å². The van der Waals surface area contributed by atoms with Gasteiger partial charge in [-0.2, -0.15) is 24.5 Å². The van der Waals surface area contributed by atoms with Gasteiger partial charge in [-0.15, -0.1) is 0 Å². The van der Waals surface area contributed by atoms with Gasteiger partial charge in [0.25, 0.3) is 0 Å². The molecule has 0 amide bonds. The molecule has 2 unspecified atom stereocenters. The van der Waals surface area contributed by atoms with Gasteiger partial charge in [0.15, 0.2) is 0 Å². The number of benzene rings is 1. The van der Waals surface area contributed by atoms with Crippen molar-refractivity contribution in [3.8, 4) is 5.75 Å². The molecule has 23 heavy (non-hydrogen) atoms. The lowest BCUT2D eigenvalue weighted by Gasteiger charge is -2.31. The second kappa shape index (κ2) is 6.93. The van der Waals surface area contributed by atoms with E-state index in [0.717, 1.165) is 31.6 Å². The largest absolute Gasteiger partial charge is 0.493 e. The van der Waals surface area contributed by atoms with Gasteiger partial charge in [-0.3, -0.25) is 0 Å². The van der Waals surface area contributed by atoms with Crippen LogP contribution < -0.4 is 10.1 Å². The molecule has 0 saturated carbocycles. The molecule has 6 heteroatoms. The van der Waals surface area contributed by atoms with Gasteiger partial charge in [0, 0.05) is 12.5 Å². The van der Waals surface area contributed by atoms with Gasteiger partial charge in [0.05, 0.1) is 12.2 Å². The Hall–Kier alpha value is -1.53. The molecule has 1 aromatic carbocycles. The van der Waals surface area contributed by atoms with Crippen molar-refractivity contribution in [2.75, 3.05) is 19.7 Å². The Morgan fingerprint density at radius 3 is 2.87 bits per heavy atom. The molecule has 0 aliphatic carbocycles. The third-order valence-corrected chi connectivity index (χ3v) is 4.91. The molecule has 0 spiro atoms. The lowest BCUT2D eigenvalue weighted by atomic mass is 9.83. The van der Waals surface area contributed by atoms with Crippen LogP contribution in [0.15, 0.2) is 41.1 Å². The minimum absolute atomic E-state index is 0.257. The number of halogens is 3. The van der Waals surface area contributed by atoms with Crippen LogP contribution in [0, 0.1) is 5.92 Å². The highest BCUT2D eigenvalue weighted by Crippen LogP contribution is 2.34. The van der Waals surface area contributed by atoms with Crippen LogP contribution in [-0.2, 0) is 6.18 Å². The minimum Gasteiger partial charge on any atom is -0.493 e. The van der Waals surface area contributed by atoms with Gasteiger partial charge in [0.1, 0.15) is 5.75 Å². The van der Waals surface area contributed by atoms with E-state index in [-0.39, 0.29) is 11.7 Å². The Balaban J connectivity index is 1.67. The molecule has 0 bridgehead atoms. The zero-order valence-corrected chi connectivity index (χ0v) is 13.3. The molecular formula is C17H18F3NOS. The van der Waals surface area contributed by atoms with E-state index in [1.807, 2.05) is 0 Å². The number of nitrogens with one attached hydrogen (secondary N) is 1. The van der Waals surface area contributed by atoms with Crippen LogP contribution in [0.1, 0.15) is 23.5 Å². The summed E-state index contributed by atoms with van der Waals surface area (Å²) in [5.41, 5.74) is 0.625. The van der Waals surface area contributed by atoms with Crippen molar-refractivity contribution in [3.63, 3.8) is 0 Å². The Morgan fingerprint density at radius 2 is 2.13 bits per heavy atom. The molecule has 1 fully saturated rings. The highest BCUT2D eigenvalue weighted by Gasteiger charge is 2.31. The maximum Gasteiger partial charge on any atom is 0.416 e. The Labute approximate surface area is 137 Å². The van der Waals surface area contributed by atoms with E-state index < -0.39 is 11.7 Å². The topological polar surface area (TPSA) is 21.3 Å². The first-order chi connectivity index (χ1) is 11.0. The smallest absolute Gasteiger partial charge is 0.416 e. The first-order valence-electron chi connectivity index (χ1n) is 7.57.